The molecule has 2 heterocycles. The van der Waals surface area contributed by atoms with Gasteiger partial charge < -0.3 is 4.74 Å². The molecule has 1 aromatic carbocycles. The molecule has 1 spiro atoms. The summed E-state index contributed by atoms with van der Waals surface area (Å²) in [6.07, 6.45) is 4.09. The zero-order chi connectivity index (χ0) is 16.5. The summed E-state index contributed by atoms with van der Waals surface area (Å²) in [4.78, 5) is 2.71. The van der Waals surface area contributed by atoms with E-state index in [-0.39, 0.29) is 0 Å². The van der Waals surface area contributed by atoms with Crippen LogP contribution in [-0.2, 0) is 6.54 Å². The second-order valence-corrected chi connectivity index (χ2v) is 8.98. The lowest BCUT2D eigenvalue weighted by molar-refractivity contribution is 0.148. The van der Waals surface area contributed by atoms with Crippen molar-refractivity contribution in [1.29, 1.82) is 0 Å². The SMILES string of the molecule is COc1ccc(CN2CC3(CCN(PC)CC3)CC2(C)C)cc1. The molecule has 2 saturated heterocycles. The smallest absolute Gasteiger partial charge is 0.118 e. The third-order valence-corrected chi connectivity index (χ3v) is 6.94. The number of benzene rings is 1. The fraction of sp³-hybridized carbons (Fsp3) is 0.684. The van der Waals surface area contributed by atoms with E-state index in [0.717, 1.165) is 21.0 Å². The van der Waals surface area contributed by atoms with E-state index in [2.05, 4.69) is 54.3 Å². The summed E-state index contributed by atoms with van der Waals surface area (Å²) >= 11 is 0. The Labute approximate surface area is 143 Å². The van der Waals surface area contributed by atoms with Crippen LogP contribution in [0.2, 0.25) is 0 Å². The van der Waals surface area contributed by atoms with Crippen LogP contribution >= 0.6 is 8.73 Å². The maximum Gasteiger partial charge on any atom is 0.118 e. The molecule has 2 fully saturated rings. The van der Waals surface area contributed by atoms with E-state index in [1.54, 1.807) is 7.11 Å². The van der Waals surface area contributed by atoms with Crippen molar-refractivity contribution < 1.29 is 4.74 Å². The van der Waals surface area contributed by atoms with Crippen molar-refractivity contribution in [2.45, 2.75) is 45.2 Å². The van der Waals surface area contributed by atoms with Crippen molar-refractivity contribution in [1.82, 2.24) is 9.57 Å². The maximum absolute atomic E-state index is 5.27. The van der Waals surface area contributed by atoms with Crippen LogP contribution in [-0.4, -0.2) is 48.5 Å². The topological polar surface area (TPSA) is 15.7 Å². The second-order valence-electron chi connectivity index (χ2n) is 7.90. The first-order valence-electron chi connectivity index (χ1n) is 8.77. The summed E-state index contributed by atoms with van der Waals surface area (Å²) in [5.74, 6) is 0.943. The lowest BCUT2D eigenvalue weighted by Gasteiger charge is -2.39. The van der Waals surface area contributed by atoms with Gasteiger partial charge in [-0.3, -0.25) is 9.57 Å². The van der Waals surface area contributed by atoms with Crippen molar-refractivity contribution in [2.75, 3.05) is 33.4 Å². The van der Waals surface area contributed by atoms with Crippen LogP contribution < -0.4 is 4.74 Å². The van der Waals surface area contributed by atoms with Gasteiger partial charge >= 0.3 is 0 Å². The number of rotatable bonds is 4. The zero-order valence-electron chi connectivity index (χ0n) is 15.1. The molecule has 0 aliphatic carbocycles. The Morgan fingerprint density at radius 1 is 1.13 bits per heavy atom. The molecule has 1 aromatic rings. The lowest BCUT2D eigenvalue weighted by Crippen LogP contribution is -2.38. The van der Waals surface area contributed by atoms with E-state index in [1.165, 1.54) is 44.5 Å². The van der Waals surface area contributed by atoms with Gasteiger partial charge in [0.25, 0.3) is 0 Å². The Kier molecular flexibility index (Phi) is 5.01. The van der Waals surface area contributed by atoms with E-state index in [4.69, 9.17) is 4.74 Å². The van der Waals surface area contributed by atoms with Gasteiger partial charge in [-0.1, -0.05) is 20.9 Å². The Morgan fingerprint density at radius 3 is 2.35 bits per heavy atom. The molecule has 3 nitrogen and oxygen atoms in total. The van der Waals surface area contributed by atoms with Gasteiger partial charge in [-0.15, -0.1) is 0 Å². The van der Waals surface area contributed by atoms with Gasteiger partial charge in [-0.05, 0) is 62.9 Å². The van der Waals surface area contributed by atoms with Gasteiger partial charge in [0.1, 0.15) is 5.75 Å². The second kappa shape index (κ2) is 6.70. The molecular formula is C19H31N2OP. The number of hydrogen-bond acceptors (Lipinski definition) is 3. The molecule has 1 unspecified atom stereocenters. The van der Waals surface area contributed by atoms with E-state index in [9.17, 15) is 0 Å². The molecule has 0 N–H and O–H groups in total. The average Bonchev–Trinajstić information content (AvgIpc) is 2.79. The molecule has 0 bridgehead atoms. The van der Waals surface area contributed by atoms with Crippen molar-refractivity contribution >= 4 is 8.73 Å². The fourth-order valence-electron chi connectivity index (χ4n) is 4.47. The zero-order valence-corrected chi connectivity index (χ0v) is 16.1. The number of likely N-dealkylation sites (tertiary alicyclic amines) is 1. The first kappa shape index (κ1) is 17.2. The van der Waals surface area contributed by atoms with Gasteiger partial charge in [-0.2, -0.15) is 0 Å². The quantitative estimate of drug-likeness (QED) is 0.775. The molecule has 128 valence electrons. The summed E-state index contributed by atoms with van der Waals surface area (Å²) in [5.41, 5.74) is 2.24. The minimum Gasteiger partial charge on any atom is -0.497 e. The molecule has 0 aromatic heterocycles. The van der Waals surface area contributed by atoms with E-state index in [0.29, 0.717) is 11.0 Å². The fourth-order valence-corrected chi connectivity index (χ4v) is 5.14. The van der Waals surface area contributed by atoms with Crippen LogP contribution in [0.3, 0.4) is 0 Å². The summed E-state index contributed by atoms with van der Waals surface area (Å²) in [5, 5.41) is 0. The standard InChI is InChI=1S/C19H31N2OP/c1-18(2)14-19(9-11-21(23-4)12-10-19)15-20(18)13-16-5-7-17(22-3)8-6-16/h5-8,23H,9-15H2,1-4H3. The van der Waals surface area contributed by atoms with Crippen molar-refractivity contribution in [3.63, 3.8) is 0 Å². The minimum absolute atomic E-state index is 0.302. The summed E-state index contributed by atoms with van der Waals surface area (Å²) < 4.78 is 7.90. The number of nitrogens with zero attached hydrogens (tertiary/aromatic N) is 2. The highest BCUT2D eigenvalue weighted by Crippen LogP contribution is 2.49. The number of hydrogen-bond donors (Lipinski definition) is 0. The molecule has 0 radical (unpaired) electrons. The maximum atomic E-state index is 5.27. The monoisotopic (exact) mass is 334 g/mol. The molecule has 2 aliphatic heterocycles. The molecule has 4 heteroatoms. The lowest BCUT2D eigenvalue weighted by atomic mass is 9.75. The highest BCUT2D eigenvalue weighted by molar-refractivity contribution is 7.34. The Bertz CT molecular complexity index is 521. The minimum atomic E-state index is 0.302. The Hall–Kier alpha value is -0.630. The van der Waals surface area contributed by atoms with E-state index in [1.807, 2.05) is 0 Å². The molecule has 0 amide bonds. The highest BCUT2D eigenvalue weighted by atomic mass is 31.1. The number of piperidine rings is 1. The van der Waals surface area contributed by atoms with Crippen molar-refractivity contribution in [3.8, 4) is 5.75 Å². The molecule has 0 saturated carbocycles. The van der Waals surface area contributed by atoms with Gasteiger partial charge in [-0.25, -0.2) is 0 Å². The number of ether oxygens (including phenoxy) is 1. The Balaban J connectivity index is 1.67. The van der Waals surface area contributed by atoms with Gasteiger partial charge in [0.2, 0.25) is 0 Å². The van der Waals surface area contributed by atoms with Crippen molar-refractivity contribution in [3.05, 3.63) is 29.8 Å². The average molecular weight is 334 g/mol. The van der Waals surface area contributed by atoms with Gasteiger partial charge in [0.15, 0.2) is 0 Å². The van der Waals surface area contributed by atoms with Crippen LogP contribution in [0.15, 0.2) is 24.3 Å². The third-order valence-electron chi connectivity index (χ3n) is 5.86. The van der Waals surface area contributed by atoms with Crippen LogP contribution in [0.1, 0.15) is 38.7 Å². The Morgan fingerprint density at radius 2 is 1.78 bits per heavy atom. The molecule has 3 rings (SSSR count). The van der Waals surface area contributed by atoms with E-state index < -0.39 is 0 Å². The first-order chi connectivity index (χ1) is 11.0. The molecule has 2 aliphatic rings. The van der Waals surface area contributed by atoms with Gasteiger partial charge in [0, 0.05) is 31.7 Å². The predicted molar refractivity (Wildman–Crippen MR) is 99.6 cm³/mol. The van der Waals surface area contributed by atoms with E-state index >= 15 is 0 Å². The molecular weight excluding hydrogens is 303 g/mol. The highest BCUT2D eigenvalue weighted by Gasteiger charge is 2.48. The van der Waals surface area contributed by atoms with Crippen LogP contribution in [0.4, 0.5) is 0 Å². The normalized spacial score (nSPS) is 24.7. The van der Waals surface area contributed by atoms with Crippen molar-refractivity contribution in [2.24, 2.45) is 5.41 Å². The van der Waals surface area contributed by atoms with Gasteiger partial charge in [0.05, 0.1) is 7.11 Å². The number of methoxy groups -OCH3 is 1. The van der Waals surface area contributed by atoms with Crippen LogP contribution in [0.25, 0.3) is 0 Å². The molecule has 23 heavy (non-hydrogen) atoms. The predicted octanol–water partition coefficient (Wildman–Crippen LogP) is 3.99. The summed E-state index contributed by atoms with van der Waals surface area (Å²) in [6, 6.07) is 8.57. The summed E-state index contributed by atoms with van der Waals surface area (Å²) in [6.45, 7) is 12.1. The third kappa shape index (κ3) is 3.73. The first-order valence-corrected chi connectivity index (χ1v) is 10.2. The molecule has 1 atom stereocenters. The van der Waals surface area contributed by atoms with Crippen LogP contribution in [0, 0.1) is 5.41 Å². The summed E-state index contributed by atoms with van der Waals surface area (Å²) in [7, 11) is 2.70. The van der Waals surface area contributed by atoms with Crippen LogP contribution in [0.5, 0.6) is 5.75 Å². The largest absolute Gasteiger partial charge is 0.497 e.